The van der Waals surface area contributed by atoms with E-state index in [1.807, 2.05) is 17.5 Å². The molecule has 12 heteroatoms. The summed E-state index contributed by atoms with van der Waals surface area (Å²) in [6.07, 6.45) is 3.00. The lowest BCUT2D eigenvalue weighted by Gasteiger charge is -2.47. The van der Waals surface area contributed by atoms with Crippen molar-refractivity contribution in [1.29, 1.82) is 0 Å². The van der Waals surface area contributed by atoms with Gasteiger partial charge in [-0.25, -0.2) is 4.98 Å². The summed E-state index contributed by atoms with van der Waals surface area (Å²) in [5.41, 5.74) is 0.541. The molecule has 0 bridgehead atoms. The normalized spacial score (nSPS) is 26.6. The third kappa shape index (κ3) is 5.90. The molecule has 4 heterocycles. The Labute approximate surface area is 253 Å². The Morgan fingerprint density at radius 1 is 1.12 bits per heavy atom. The zero-order valence-electron chi connectivity index (χ0n) is 24.2. The van der Waals surface area contributed by atoms with Gasteiger partial charge in [0.25, 0.3) is 12.0 Å². The van der Waals surface area contributed by atoms with E-state index in [-0.39, 0.29) is 24.9 Å². The van der Waals surface area contributed by atoms with Gasteiger partial charge in [0.1, 0.15) is 12.6 Å². The summed E-state index contributed by atoms with van der Waals surface area (Å²) in [4.78, 5) is 50.9. The summed E-state index contributed by atoms with van der Waals surface area (Å²) in [5.74, 6) is -1.76. The van der Waals surface area contributed by atoms with Crippen molar-refractivity contribution >= 4 is 34.4 Å². The summed E-state index contributed by atoms with van der Waals surface area (Å²) in [6, 6.07) is 6.21. The number of ether oxygens (including phenoxy) is 1. The molecule has 1 aromatic heterocycles. The van der Waals surface area contributed by atoms with Crippen molar-refractivity contribution in [2.24, 2.45) is 11.8 Å². The number of aromatic nitrogens is 1. The maximum Gasteiger partial charge on any atom is 0.266 e. The van der Waals surface area contributed by atoms with Crippen LogP contribution in [0.25, 0.3) is 11.3 Å². The highest BCUT2D eigenvalue weighted by molar-refractivity contribution is 7.14. The van der Waals surface area contributed by atoms with Crippen molar-refractivity contribution in [3.8, 4) is 11.3 Å². The number of carbonyl (C=O) groups excluding carboxylic acids is 3. The molecular weight excluding hydrogens is 576 g/mol. The van der Waals surface area contributed by atoms with E-state index in [0.717, 1.165) is 67.9 Å². The molecule has 3 saturated heterocycles. The number of hydrogen-bond acceptors (Lipinski definition) is 9. The largest absolute Gasteiger partial charge is 0.368 e. The van der Waals surface area contributed by atoms with Crippen molar-refractivity contribution in [1.82, 2.24) is 20.1 Å². The van der Waals surface area contributed by atoms with Gasteiger partial charge in [0.2, 0.25) is 0 Å². The molecule has 1 aromatic carbocycles. The van der Waals surface area contributed by atoms with Gasteiger partial charge in [-0.2, -0.15) is 8.78 Å². The molecule has 1 amide bonds. The van der Waals surface area contributed by atoms with Crippen LogP contribution in [0.3, 0.4) is 0 Å². The number of aldehydes is 1. The van der Waals surface area contributed by atoms with Crippen LogP contribution in [-0.4, -0.2) is 96.9 Å². The van der Waals surface area contributed by atoms with Gasteiger partial charge in [-0.05, 0) is 38.1 Å². The second-order valence-corrected chi connectivity index (χ2v) is 12.9. The minimum Gasteiger partial charge on any atom is -0.368 e. The lowest BCUT2D eigenvalue weighted by molar-refractivity contribution is -0.132. The number of Topliss-reactive ketones (excluding diaryl/α,β-unsaturated/α-hetero) is 1. The molecule has 4 aliphatic rings. The quantitative estimate of drug-likeness (QED) is 0.450. The number of rotatable bonds is 8. The average Bonchev–Trinajstić information content (AvgIpc) is 3.75. The lowest BCUT2D eigenvalue weighted by atomic mass is 9.78. The number of benzene rings is 1. The van der Waals surface area contributed by atoms with Gasteiger partial charge in [-0.1, -0.05) is 31.4 Å². The SMILES string of the molecule is CN1CCN(c2nc(-c3ccc(C(=O)NC(C=O)(C4CCCCC4)N4CC(C=C(F)F)C5OCC(=O)C54)cc3)cs2)CC1. The first kappa shape index (κ1) is 30.0. The number of anilines is 1. The standard InChI is InChI=1S/C31H37F2N5O4S/c1-36-11-13-37(14-12-36)30-34-24(18-43-30)20-7-9-21(10-8-20)29(41)35-31(19-39,23-5-3-2-4-6-23)38-16-22(15-26(32)33)28-27(38)25(40)17-42-28/h7-10,15,18-19,22-23,27-28H,2-6,11-14,16-17H2,1H3,(H,35,41). The van der Waals surface area contributed by atoms with Gasteiger partial charge < -0.3 is 19.9 Å². The van der Waals surface area contributed by atoms with Gasteiger partial charge in [0, 0.05) is 61.1 Å². The van der Waals surface area contributed by atoms with Crippen LogP contribution in [0.5, 0.6) is 0 Å². The predicted molar refractivity (Wildman–Crippen MR) is 159 cm³/mol. The van der Waals surface area contributed by atoms with Crippen LogP contribution in [0.2, 0.25) is 0 Å². The highest BCUT2D eigenvalue weighted by Gasteiger charge is 2.59. The number of thiazole rings is 1. The number of ketones is 1. The van der Waals surface area contributed by atoms with Gasteiger partial charge >= 0.3 is 0 Å². The van der Waals surface area contributed by atoms with Gasteiger partial charge in [0.05, 0.1) is 11.8 Å². The van der Waals surface area contributed by atoms with E-state index < -0.39 is 35.7 Å². The van der Waals surface area contributed by atoms with Crippen LogP contribution in [0.1, 0.15) is 42.5 Å². The molecule has 1 N–H and O–H groups in total. The van der Waals surface area contributed by atoms with E-state index in [1.54, 1.807) is 28.4 Å². The number of nitrogens with zero attached hydrogens (tertiary/aromatic N) is 4. The number of halogens is 2. The summed E-state index contributed by atoms with van der Waals surface area (Å²) in [5, 5.41) is 5.99. The number of fused-ring (bicyclic) bond motifs is 1. The van der Waals surface area contributed by atoms with Crippen LogP contribution in [0.15, 0.2) is 41.8 Å². The Kier molecular flexibility index (Phi) is 8.72. The first-order valence-electron chi connectivity index (χ1n) is 15.0. The molecule has 1 saturated carbocycles. The van der Waals surface area contributed by atoms with E-state index in [9.17, 15) is 23.2 Å². The second-order valence-electron chi connectivity index (χ2n) is 12.1. The molecule has 2 aromatic rings. The maximum absolute atomic E-state index is 13.8. The van der Waals surface area contributed by atoms with Crippen molar-refractivity contribution in [2.45, 2.75) is 49.9 Å². The summed E-state index contributed by atoms with van der Waals surface area (Å²) < 4.78 is 32.3. The highest BCUT2D eigenvalue weighted by Crippen LogP contribution is 2.43. The topological polar surface area (TPSA) is 95.1 Å². The van der Waals surface area contributed by atoms with Crippen molar-refractivity contribution in [3.63, 3.8) is 0 Å². The molecule has 4 unspecified atom stereocenters. The number of carbonyl (C=O) groups is 3. The monoisotopic (exact) mass is 613 g/mol. The molecule has 3 aliphatic heterocycles. The third-order valence-electron chi connectivity index (χ3n) is 9.47. The fraction of sp³-hybridized carbons (Fsp3) is 0.548. The van der Waals surface area contributed by atoms with E-state index in [0.29, 0.717) is 24.7 Å². The number of piperazine rings is 1. The molecule has 0 radical (unpaired) electrons. The van der Waals surface area contributed by atoms with Gasteiger partial charge in [-0.3, -0.25) is 19.3 Å². The molecule has 4 atom stereocenters. The Bertz CT molecular complexity index is 1370. The Balaban J connectivity index is 1.24. The zero-order chi connectivity index (χ0) is 30.1. The Morgan fingerprint density at radius 3 is 2.51 bits per heavy atom. The lowest BCUT2D eigenvalue weighted by Crippen LogP contribution is -2.68. The third-order valence-corrected chi connectivity index (χ3v) is 10.4. The molecule has 6 rings (SSSR count). The van der Waals surface area contributed by atoms with E-state index >= 15 is 0 Å². The predicted octanol–water partition coefficient (Wildman–Crippen LogP) is 3.82. The van der Waals surface area contributed by atoms with Gasteiger partial charge in [0.15, 0.2) is 22.9 Å². The van der Waals surface area contributed by atoms with Gasteiger partial charge in [-0.15, -0.1) is 11.3 Å². The smallest absolute Gasteiger partial charge is 0.266 e. The number of likely N-dealkylation sites (N-methyl/N-ethyl adjacent to an activating group) is 1. The maximum atomic E-state index is 13.8. The minimum absolute atomic E-state index is 0.00628. The molecule has 43 heavy (non-hydrogen) atoms. The average molecular weight is 614 g/mol. The fourth-order valence-electron chi connectivity index (χ4n) is 7.11. The zero-order valence-corrected chi connectivity index (χ0v) is 25.0. The summed E-state index contributed by atoms with van der Waals surface area (Å²) >= 11 is 1.60. The van der Waals surface area contributed by atoms with Crippen LogP contribution in [0, 0.1) is 11.8 Å². The number of amides is 1. The van der Waals surface area contributed by atoms with Crippen molar-refractivity contribution < 1.29 is 27.9 Å². The molecule has 9 nitrogen and oxygen atoms in total. The Hall–Kier alpha value is -3.06. The van der Waals surface area contributed by atoms with Crippen LogP contribution < -0.4 is 10.2 Å². The van der Waals surface area contributed by atoms with Crippen LogP contribution >= 0.6 is 11.3 Å². The van der Waals surface area contributed by atoms with E-state index in [2.05, 4.69) is 22.2 Å². The summed E-state index contributed by atoms with van der Waals surface area (Å²) in [6.45, 7) is 3.65. The summed E-state index contributed by atoms with van der Waals surface area (Å²) in [7, 11) is 2.11. The van der Waals surface area contributed by atoms with Crippen LogP contribution in [-0.2, 0) is 14.3 Å². The van der Waals surface area contributed by atoms with Crippen molar-refractivity contribution in [2.75, 3.05) is 51.3 Å². The van der Waals surface area contributed by atoms with Crippen molar-refractivity contribution in [3.05, 3.63) is 47.4 Å². The van der Waals surface area contributed by atoms with Crippen LogP contribution in [0.4, 0.5) is 13.9 Å². The molecular formula is C31H37F2N5O4S. The molecule has 4 fully saturated rings. The first-order chi connectivity index (χ1) is 20.8. The molecule has 230 valence electrons. The van der Waals surface area contributed by atoms with E-state index in [4.69, 9.17) is 9.72 Å². The minimum atomic E-state index is -1.86. The molecule has 0 spiro atoms. The highest BCUT2D eigenvalue weighted by atomic mass is 32.1. The Morgan fingerprint density at radius 2 is 1.84 bits per heavy atom. The van der Waals surface area contributed by atoms with E-state index in [1.165, 1.54) is 0 Å². The number of hydrogen-bond donors (Lipinski definition) is 1. The number of likely N-dealkylation sites (tertiary alicyclic amines) is 1. The first-order valence-corrected chi connectivity index (χ1v) is 15.9. The number of nitrogens with one attached hydrogen (secondary N) is 1. The molecule has 1 aliphatic carbocycles. The second kappa shape index (κ2) is 12.5. The fourth-order valence-corrected chi connectivity index (χ4v) is 8.00.